The molecule has 0 aromatic rings. The van der Waals surface area contributed by atoms with Gasteiger partial charge in [0.1, 0.15) is 0 Å². The fraction of sp³-hybridized carbons (Fsp3) is 0.800. The molecular weight excluding hydrogens is 196 g/mol. The number of amides is 1. The normalized spacial score (nSPS) is 17.9. The fourth-order valence-corrected chi connectivity index (χ4v) is 1.66. The van der Waals surface area contributed by atoms with Crippen molar-refractivity contribution in [2.24, 2.45) is 5.41 Å². The third-order valence-corrected chi connectivity index (χ3v) is 2.99. The Bertz CT molecular complexity index is 249. The molecule has 86 valence electrons. The van der Waals surface area contributed by atoms with Crippen LogP contribution in [0.3, 0.4) is 0 Å². The number of carbonyl (C=O) groups excluding carboxylic acids is 1. The zero-order valence-corrected chi connectivity index (χ0v) is 9.01. The van der Waals surface area contributed by atoms with Crippen LogP contribution in [0.15, 0.2) is 0 Å². The summed E-state index contributed by atoms with van der Waals surface area (Å²) >= 11 is 0. The summed E-state index contributed by atoms with van der Waals surface area (Å²) in [6, 6.07) is 0. The molecule has 1 aliphatic carbocycles. The third-order valence-electron chi connectivity index (χ3n) is 2.99. The zero-order valence-electron chi connectivity index (χ0n) is 9.01. The molecule has 3 N–H and O–H groups in total. The van der Waals surface area contributed by atoms with Crippen LogP contribution in [0, 0.1) is 5.41 Å². The van der Waals surface area contributed by atoms with Crippen LogP contribution in [0.5, 0.6) is 0 Å². The molecule has 1 saturated carbocycles. The number of aliphatic carboxylic acids is 1. The van der Waals surface area contributed by atoms with Gasteiger partial charge in [0.2, 0.25) is 5.91 Å². The van der Waals surface area contributed by atoms with Crippen LogP contribution in [0.25, 0.3) is 0 Å². The Hall–Kier alpha value is -1.10. The summed E-state index contributed by atoms with van der Waals surface area (Å²) in [5.41, 5.74) is -0.685. The Kier molecular flexibility index (Phi) is 4.08. The van der Waals surface area contributed by atoms with Crippen molar-refractivity contribution in [1.29, 1.82) is 0 Å². The largest absolute Gasteiger partial charge is 0.481 e. The first-order chi connectivity index (χ1) is 7.10. The predicted molar refractivity (Wildman–Crippen MR) is 55.5 cm³/mol. The van der Waals surface area contributed by atoms with Crippen LogP contribution in [0.2, 0.25) is 0 Å². The van der Waals surface area contributed by atoms with Crippen molar-refractivity contribution in [3.63, 3.8) is 0 Å². The summed E-state index contributed by atoms with van der Waals surface area (Å²) in [7, 11) is 1.78. The van der Waals surface area contributed by atoms with E-state index in [1.165, 1.54) is 0 Å². The lowest BCUT2D eigenvalue weighted by Gasteiger charge is -2.37. The maximum absolute atomic E-state index is 11.3. The van der Waals surface area contributed by atoms with E-state index < -0.39 is 11.4 Å². The SMILES string of the molecule is CNCCC(=O)NCC1(C(=O)O)CCC1. The van der Waals surface area contributed by atoms with E-state index in [0.29, 0.717) is 25.8 Å². The van der Waals surface area contributed by atoms with Crippen LogP contribution in [-0.4, -0.2) is 37.1 Å². The number of carboxylic acid groups (broad SMARTS) is 1. The van der Waals surface area contributed by atoms with Gasteiger partial charge >= 0.3 is 5.97 Å². The molecule has 15 heavy (non-hydrogen) atoms. The fourth-order valence-electron chi connectivity index (χ4n) is 1.66. The molecule has 0 heterocycles. The van der Waals surface area contributed by atoms with Crippen molar-refractivity contribution in [2.75, 3.05) is 20.1 Å². The molecule has 5 heteroatoms. The van der Waals surface area contributed by atoms with Gasteiger partial charge < -0.3 is 15.7 Å². The van der Waals surface area contributed by atoms with E-state index in [2.05, 4.69) is 10.6 Å². The Labute approximate surface area is 89.2 Å². The van der Waals surface area contributed by atoms with Crippen molar-refractivity contribution >= 4 is 11.9 Å². The van der Waals surface area contributed by atoms with Gasteiger partial charge in [0.15, 0.2) is 0 Å². The molecule has 0 aromatic carbocycles. The highest BCUT2D eigenvalue weighted by atomic mass is 16.4. The average Bonchev–Trinajstić information content (AvgIpc) is 2.12. The highest BCUT2D eigenvalue weighted by molar-refractivity contribution is 5.79. The molecule has 1 rings (SSSR count). The first kappa shape index (κ1) is 12.0. The van der Waals surface area contributed by atoms with E-state index in [-0.39, 0.29) is 12.5 Å². The molecule has 0 bridgehead atoms. The number of hydrogen-bond acceptors (Lipinski definition) is 3. The second kappa shape index (κ2) is 5.11. The average molecular weight is 214 g/mol. The van der Waals surface area contributed by atoms with E-state index >= 15 is 0 Å². The van der Waals surface area contributed by atoms with Crippen LogP contribution in [0.4, 0.5) is 0 Å². The van der Waals surface area contributed by atoms with Crippen LogP contribution < -0.4 is 10.6 Å². The van der Waals surface area contributed by atoms with Gasteiger partial charge in [0.05, 0.1) is 5.41 Å². The van der Waals surface area contributed by atoms with Crippen molar-refractivity contribution in [1.82, 2.24) is 10.6 Å². The van der Waals surface area contributed by atoms with Crippen LogP contribution in [-0.2, 0) is 9.59 Å². The molecule has 1 aliphatic rings. The molecular formula is C10H18N2O3. The second-order valence-electron chi connectivity index (χ2n) is 4.07. The molecule has 0 aromatic heterocycles. The maximum atomic E-state index is 11.3. The van der Waals surface area contributed by atoms with E-state index in [4.69, 9.17) is 5.11 Å². The lowest BCUT2D eigenvalue weighted by molar-refractivity contribution is -0.154. The molecule has 1 fully saturated rings. The minimum Gasteiger partial charge on any atom is -0.481 e. The first-order valence-corrected chi connectivity index (χ1v) is 5.25. The lowest BCUT2D eigenvalue weighted by Crippen LogP contribution is -2.47. The van der Waals surface area contributed by atoms with Gasteiger partial charge in [-0.25, -0.2) is 0 Å². The van der Waals surface area contributed by atoms with E-state index in [1.54, 1.807) is 7.05 Å². The molecule has 0 spiro atoms. The molecule has 0 saturated heterocycles. The molecule has 0 radical (unpaired) electrons. The molecule has 5 nitrogen and oxygen atoms in total. The van der Waals surface area contributed by atoms with Crippen molar-refractivity contribution in [3.8, 4) is 0 Å². The Morgan fingerprint density at radius 3 is 2.47 bits per heavy atom. The monoisotopic (exact) mass is 214 g/mol. The summed E-state index contributed by atoms with van der Waals surface area (Å²) in [6.07, 6.45) is 2.69. The summed E-state index contributed by atoms with van der Waals surface area (Å²) < 4.78 is 0. The van der Waals surface area contributed by atoms with Gasteiger partial charge in [-0.2, -0.15) is 0 Å². The summed E-state index contributed by atoms with van der Waals surface area (Å²) in [5, 5.41) is 14.6. The summed E-state index contributed by atoms with van der Waals surface area (Å²) in [6.45, 7) is 0.886. The zero-order chi connectivity index (χ0) is 11.3. The van der Waals surface area contributed by atoms with Gasteiger partial charge in [-0.3, -0.25) is 9.59 Å². The lowest BCUT2D eigenvalue weighted by atomic mass is 9.69. The summed E-state index contributed by atoms with van der Waals surface area (Å²) in [4.78, 5) is 22.2. The third kappa shape index (κ3) is 2.92. The van der Waals surface area contributed by atoms with E-state index in [0.717, 1.165) is 6.42 Å². The summed E-state index contributed by atoms with van der Waals surface area (Å²) in [5.74, 6) is -0.875. The van der Waals surface area contributed by atoms with Gasteiger partial charge in [0.25, 0.3) is 0 Å². The van der Waals surface area contributed by atoms with Gasteiger partial charge in [0, 0.05) is 19.5 Å². The highest BCUT2D eigenvalue weighted by Crippen LogP contribution is 2.40. The Morgan fingerprint density at radius 1 is 1.40 bits per heavy atom. The standard InChI is InChI=1S/C10H18N2O3/c1-11-6-3-8(13)12-7-10(9(14)15)4-2-5-10/h11H,2-7H2,1H3,(H,12,13)(H,14,15). The van der Waals surface area contributed by atoms with Gasteiger partial charge in [-0.15, -0.1) is 0 Å². The number of hydrogen-bond donors (Lipinski definition) is 3. The maximum Gasteiger partial charge on any atom is 0.311 e. The molecule has 0 atom stereocenters. The molecule has 1 amide bonds. The number of carboxylic acids is 1. The minimum atomic E-state index is -0.789. The van der Waals surface area contributed by atoms with E-state index in [1.807, 2.05) is 0 Å². The van der Waals surface area contributed by atoms with Crippen molar-refractivity contribution in [2.45, 2.75) is 25.7 Å². The van der Waals surface area contributed by atoms with Crippen molar-refractivity contribution in [3.05, 3.63) is 0 Å². The minimum absolute atomic E-state index is 0.0862. The topological polar surface area (TPSA) is 78.4 Å². The van der Waals surface area contributed by atoms with Gasteiger partial charge in [-0.1, -0.05) is 6.42 Å². The first-order valence-electron chi connectivity index (χ1n) is 5.25. The predicted octanol–water partition coefficient (Wildman–Crippen LogP) is -0.0330. The van der Waals surface area contributed by atoms with Crippen LogP contribution in [0.1, 0.15) is 25.7 Å². The molecule has 0 aliphatic heterocycles. The number of rotatable bonds is 6. The van der Waals surface area contributed by atoms with E-state index in [9.17, 15) is 9.59 Å². The quantitative estimate of drug-likeness (QED) is 0.580. The van der Waals surface area contributed by atoms with Gasteiger partial charge in [-0.05, 0) is 19.9 Å². The molecule has 0 unspecified atom stereocenters. The Balaban J connectivity index is 2.29. The van der Waals surface area contributed by atoms with Crippen molar-refractivity contribution < 1.29 is 14.7 Å². The Morgan fingerprint density at radius 2 is 2.07 bits per heavy atom. The van der Waals surface area contributed by atoms with Crippen LogP contribution >= 0.6 is 0 Å². The smallest absolute Gasteiger partial charge is 0.311 e. The highest BCUT2D eigenvalue weighted by Gasteiger charge is 2.44. The second-order valence-corrected chi connectivity index (χ2v) is 4.07. The number of nitrogens with one attached hydrogen (secondary N) is 2. The number of carbonyl (C=O) groups is 2.